The standard InChI is InChI=1S/C19H24N2O2/c1-3-10-16(2)21(23-15-17-11-6-4-7-12-17)19(22)20-18-13-8-5-9-14-18/h4-9,11-14,16H,3,10,15H2,1-2H3,(H,20,22). The van der Waals surface area contributed by atoms with Crippen molar-refractivity contribution >= 4 is 11.7 Å². The van der Waals surface area contributed by atoms with Gasteiger partial charge in [-0.15, -0.1) is 0 Å². The van der Waals surface area contributed by atoms with Crippen molar-refractivity contribution in [1.82, 2.24) is 5.06 Å². The van der Waals surface area contributed by atoms with Gasteiger partial charge in [0.1, 0.15) is 6.61 Å². The second-order valence-corrected chi connectivity index (χ2v) is 5.52. The number of hydroxylamine groups is 2. The highest BCUT2D eigenvalue weighted by Crippen LogP contribution is 2.14. The molecule has 2 aromatic rings. The van der Waals surface area contributed by atoms with Crippen molar-refractivity contribution < 1.29 is 9.63 Å². The van der Waals surface area contributed by atoms with Crippen LogP contribution >= 0.6 is 0 Å². The quantitative estimate of drug-likeness (QED) is 0.743. The Balaban J connectivity index is 2.02. The number of rotatable bonds is 7. The number of carbonyl (C=O) groups excluding carboxylic acids is 1. The molecule has 122 valence electrons. The largest absolute Gasteiger partial charge is 0.346 e. The molecule has 2 rings (SSSR count). The van der Waals surface area contributed by atoms with Crippen LogP contribution in [0.2, 0.25) is 0 Å². The Bertz CT molecular complexity index is 587. The first-order valence-electron chi connectivity index (χ1n) is 8.02. The molecule has 0 aromatic heterocycles. The Morgan fingerprint density at radius 3 is 2.30 bits per heavy atom. The summed E-state index contributed by atoms with van der Waals surface area (Å²) in [7, 11) is 0. The molecule has 0 radical (unpaired) electrons. The van der Waals surface area contributed by atoms with Crippen molar-refractivity contribution in [3.63, 3.8) is 0 Å². The molecule has 1 atom stereocenters. The van der Waals surface area contributed by atoms with Crippen molar-refractivity contribution in [3.8, 4) is 0 Å². The minimum absolute atomic E-state index is 0.00687. The molecule has 4 heteroatoms. The van der Waals surface area contributed by atoms with E-state index in [0.29, 0.717) is 6.61 Å². The van der Waals surface area contributed by atoms with E-state index < -0.39 is 0 Å². The maximum atomic E-state index is 12.5. The summed E-state index contributed by atoms with van der Waals surface area (Å²) in [5.74, 6) is 0. The van der Waals surface area contributed by atoms with Crippen LogP contribution in [0.3, 0.4) is 0 Å². The van der Waals surface area contributed by atoms with Crippen molar-refractivity contribution in [2.45, 2.75) is 39.3 Å². The van der Waals surface area contributed by atoms with Crippen LogP contribution in [-0.4, -0.2) is 17.1 Å². The monoisotopic (exact) mass is 312 g/mol. The highest BCUT2D eigenvalue weighted by Gasteiger charge is 2.21. The average Bonchev–Trinajstić information content (AvgIpc) is 2.57. The van der Waals surface area contributed by atoms with E-state index in [1.54, 1.807) is 0 Å². The number of benzene rings is 2. The maximum absolute atomic E-state index is 12.5. The summed E-state index contributed by atoms with van der Waals surface area (Å²) in [5.41, 5.74) is 1.79. The zero-order chi connectivity index (χ0) is 16.5. The molecule has 0 bridgehead atoms. The van der Waals surface area contributed by atoms with Gasteiger partial charge in [-0.3, -0.25) is 4.84 Å². The number of carbonyl (C=O) groups is 1. The van der Waals surface area contributed by atoms with Crippen LogP contribution < -0.4 is 5.32 Å². The molecule has 0 saturated carbocycles. The predicted octanol–water partition coefficient (Wildman–Crippen LogP) is 4.84. The van der Waals surface area contributed by atoms with Gasteiger partial charge in [0.2, 0.25) is 0 Å². The third kappa shape index (κ3) is 5.42. The molecule has 1 unspecified atom stereocenters. The summed E-state index contributed by atoms with van der Waals surface area (Å²) in [5, 5.41) is 4.33. The highest BCUT2D eigenvalue weighted by atomic mass is 16.7. The van der Waals surface area contributed by atoms with Crippen molar-refractivity contribution in [2.24, 2.45) is 0 Å². The summed E-state index contributed by atoms with van der Waals surface area (Å²) in [6.07, 6.45) is 1.88. The fourth-order valence-corrected chi connectivity index (χ4v) is 2.34. The minimum Gasteiger partial charge on any atom is -0.306 e. The molecular weight excluding hydrogens is 288 g/mol. The van der Waals surface area contributed by atoms with Gasteiger partial charge in [0.15, 0.2) is 0 Å². The fourth-order valence-electron chi connectivity index (χ4n) is 2.34. The van der Waals surface area contributed by atoms with Crippen molar-refractivity contribution in [2.75, 3.05) is 5.32 Å². The van der Waals surface area contributed by atoms with Gasteiger partial charge in [-0.1, -0.05) is 61.9 Å². The lowest BCUT2D eigenvalue weighted by Crippen LogP contribution is -2.41. The maximum Gasteiger partial charge on any atom is 0.346 e. The van der Waals surface area contributed by atoms with Crippen LogP contribution in [-0.2, 0) is 11.4 Å². The SMILES string of the molecule is CCCC(C)N(OCc1ccccc1)C(=O)Nc1ccccc1. The molecule has 0 fully saturated rings. The Kier molecular flexibility index (Phi) is 6.63. The number of nitrogens with one attached hydrogen (secondary N) is 1. The topological polar surface area (TPSA) is 41.6 Å². The number of nitrogens with zero attached hydrogens (tertiary/aromatic N) is 1. The molecular formula is C19H24N2O2. The molecule has 23 heavy (non-hydrogen) atoms. The van der Waals surface area contributed by atoms with Crippen LogP contribution in [0.1, 0.15) is 32.3 Å². The molecule has 0 aliphatic rings. The molecule has 1 N–H and O–H groups in total. The Hall–Kier alpha value is -2.33. The van der Waals surface area contributed by atoms with Crippen LogP contribution in [0.4, 0.5) is 10.5 Å². The van der Waals surface area contributed by atoms with E-state index >= 15 is 0 Å². The highest BCUT2D eigenvalue weighted by molar-refractivity contribution is 5.88. The summed E-state index contributed by atoms with van der Waals surface area (Å²) < 4.78 is 0. The number of hydrogen-bond acceptors (Lipinski definition) is 2. The van der Waals surface area contributed by atoms with Crippen LogP contribution in [0.5, 0.6) is 0 Å². The molecule has 0 aliphatic heterocycles. The van der Waals surface area contributed by atoms with Crippen LogP contribution in [0.25, 0.3) is 0 Å². The average molecular weight is 312 g/mol. The molecule has 2 aromatic carbocycles. The van der Waals surface area contributed by atoms with Gasteiger partial charge in [-0.2, -0.15) is 5.06 Å². The molecule has 0 aliphatic carbocycles. The zero-order valence-corrected chi connectivity index (χ0v) is 13.7. The number of anilines is 1. The molecule has 2 amide bonds. The smallest absolute Gasteiger partial charge is 0.306 e. The summed E-state index contributed by atoms with van der Waals surface area (Å²) in [6, 6.07) is 19.0. The number of urea groups is 1. The third-order valence-corrected chi connectivity index (χ3v) is 3.55. The van der Waals surface area contributed by atoms with E-state index in [0.717, 1.165) is 24.1 Å². The van der Waals surface area contributed by atoms with Gasteiger partial charge in [0, 0.05) is 5.69 Å². The number of amides is 2. The van der Waals surface area contributed by atoms with E-state index in [-0.39, 0.29) is 12.1 Å². The Labute approximate surface area is 138 Å². The second kappa shape index (κ2) is 8.96. The first kappa shape index (κ1) is 17.0. The lowest BCUT2D eigenvalue weighted by atomic mass is 10.2. The lowest BCUT2D eigenvalue weighted by Gasteiger charge is -2.28. The third-order valence-electron chi connectivity index (χ3n) is 3.55. The summed E-state index contributed by atoms with van der Waals surface area (Å²) in [4.78, 5) is 18.3. The van der Waals surface area contributed by atoms with Crippen molar-refractivity contribution in [3.05, 3.63) is 66.2 Å². The zero-order valence-electron chi connectivity index (χ0n) is 13.7. The molecule has 4 nitrogen and oxygen atoms in total. The number of hydrogen-bond donors (Lipinski definition) is 1. The minimum atomic E-state index is -0.243. The Morgan fingerprint density at radius 1 is 1.09 bits per heavy atom. The van der Waals surface area contributed by atoms with E-state index in [2.05, 4.69) is 12.2 Å². The van der Waals surface area contributed by atoms with E-state index in [1.807, 2.05) is 67.6 Å². The summed E-state index contributed by atoms with van der Waals surface area (Å²) >= 11 is 0. The van der Waals surface area contributed by atoms with Gasteiger partial charge in [-0.05, 0) is 31.0 Å². The molecule has 0 heterocycles. The van der Waals surface area contributed by atoms with Gasteiger partial charge >= 0.3 is 6.03 Å². The van der Waals surface area contributed by atoms with Crippen LogP contribution in [0.15, 0.2) is 60.7 Å². The number of para-hydroxylation sites is 1. The Morgan fingerprint density at radius 2 is 1.70 bits per heavy atom. The van der Waals surface area contributed by atoms with Crippen molar-refractivity contribution in [1.29, 1.82) is 0 Å². The normalized spacial score (nSPS) is 11.7. The lowest BCUT2D eigenvalue weighted by molar-refractivity contribution is -0.148. The predicted molar refractivity (Wildman–Crippen MR) is 92.9 cm³/mol. The molecule has 0 saturated heterocycles. The molecule has 0 spiro atoms. The first-order valence-corrected chi connectivity index (χ1v) is 8.02. The fraction of sp³-hybridized carbons (Fsp3) is 0.316. The van der Waals surface area contributed by atoms with Gasteiger partial charge in [-0.25, -0.2) is 4.79 Å². The van der Waals surface area contributed by atoms with E-state index in [4.69, 9.17) is 4.84 Å². The second-order valence-electron chi connectivity index (χ2n) is 5.52. The van der Waals surface area contributed by atoms with Gasteiger partial charge < -0.3 is 5.32 Å². The summed E-state index contributed by atoms with van der Waals surface area (Å²) in [6.45, 7) is 4.47. The first-order chi connectivity index (χ1) is 11.2. The van der Waals surface area contributed by atoms with Gasteiger partial charge in [0.05, 0.1) is 6.04 Å². The van der Waals surface area contributed by atoms with E-state index in [9.17, 15) is 4.79 Å². The van der Waals surface area contributed by atoms with Crippen LogP contribution in [0, 0.1) is 0 Å². The van der Waals surface area contributed by atoms with Gasteiger partial charge in [0.25, 0.3) is 0 Å². The van der Waals surface area contributed by atoms with E-state index in [1.165, 1.54) is 5.06 Å².